The monoisotopic (exact) mass is 308 g/mol. The van der Waals surface area contributed by atoms with E-state index in [2.05, 4.69) is 10.6 Å². The van der Waals surface area contributed by atoms with Crippen molar-refractivity contribution in [3.63, 3.8) is 0 Å². The maximum atomic E-state index is 11.3. The van der Waals surface area contributed by atoms with Gasteiger partial charge in [0.2, 0.25) is 0 Å². The molecule has 0 aromatic rings. The molecule has 1 aliphatic carbocycles. The van der Waals surface area contributed by atoms with Gasteiger partial charge in [0.1, 0.15) is 12.1 Å². The second-order valence-corrected chi connectivity index (χ2v) is 5.67. The summed E-state index contributed by atoms with van der Waals surface area (Å²) in [5.74, 6) is -1.93. The lowest BCUT2D eigenvalue weighted by Crippen LogP contribution is -2.51. The fourth-order valence-electron chi connectivity index (χ4n) is 2.11. The van der Waals surface area contributed by atoms with Gasteiger partial charge >= 0.3 is 11.9 Å². The average Bonchev–Trinajstić information content (AvgIpc) is 2.69. The van der Waals surface area contributed by atoms with Gasteiger partial charge in [-0.05, 0) is 18.4 Å². The Morgan fingerprint density at radius 1 is 1.14 bits per heavy atom. The molecule has 0 heterocycles. The average molecular weight is 308 g/mol. The van der Waals surface area contributed by atoms with E-state index in [0.717, 1.165) is 5.70 Å². The fourth-order valence-corrected chi connectivity index (χ4v) is 2.11. The summed E-state index contributed by atoms with van der Waals surface area (Å²) in [6.07, 6.45) is 10.6. The molecule has 2 atom stereocenters. The van der Waals surface area contributed by atoms with E-state index in [4.69, 9.17) is 0 Å². The van der Waals surface area contributed by atoms with E-state index in [9.17, 15) is 19.8 Å². The van der Waals surface area contributed by atoms with Gasteiger partial charge in [0.15, 0.2) is 0 Å². The SMILES string of the molecule is CC(C)CC(N[C@@H](CNC1=CC=CC=CC1)C(=O)O)C(=O)O. The van der Waals surface area contributed by atoms with Crippen LogP contribution in [-0.2, 0) is 9.59 Å². The van der Waals surface area contributed by atoms with Gasteiger partial charge < -0.3 is 15.5 Å². The van der Waals surface area contributed by atoms with Gasteiger partial charge in [-0.3, -0.25) is 14.9 Å². The molecule has 0 bridgehead atoms. The lowest BCUT2D eigenvalue weighted by atomic mass is 10.0. The first-order valence-electron chi connectivity index (χ1n) is 7.38. The number of rotatable bonds is 9. The van der Waals surface area contributed by atoms with Crippen molar-refractivity contribution in [2.45, 2.75) is 38.8 Å². The molecule has 0 spiro atoms. The summed E-state index contributed by atoms with van der Waals surface area (Å²) < 4.78 is 0. The fraction of sp³-hybridized carbons (Fsp3) is 0.500. The van der Waals surface area contributed by atoms with Crippen molar-refractivity contribution in [2.24, 2.45) is 5.92 Å². The number of carboxylic acids is 2. The molecule has 4 N–H and O–H groups in total. The van der Waals surface area contributed by atoms with E-state index in [1.807, 2.05) is 44.2 Å². The zero-order valence-electron chi connectivity index (χ0n) is 13.0. The maximum absolute atomic E-state index is 11.3. The van der Waals surface area contributed by atoms with E-state index >= 15 is 0 Å². The zero-order chi connectivity index (χ0) is 16.5. The smallest absolute Gasteiger partial charge is 0.322 e. The molecule has 0 radical (unpaired) electrons. The van der Waals surface area contributed by atoms with Gasteiger partial charge in [-0.15, -0.1) is 0 Å². The molecule has 0 aromatic carbocycles. The molecule has 0 saturated carbocycles. The molecule has 1 unspecified atom stereocenters. The van der Waals surface area contributed by atoms with Crippen LogP contribution in [0.2, 0.25) is 0 Å². The summed E-state index contributed by atoms with van der Waals surface area (Å²) >= 11 is 0. The molecule has 6 nitrogen and oxygen atoms in total. The molecule has 0 fully saturated rings. The Morgan fingerprint density at radius 2 is 1.82 bits per heavy atom. The van der Waals surface area contributed by atoms with Crippen molar-refractivity contribution in [1.29, 1.82) is 0 Å². The number of hydrogen-bond acceptors (Lipinski definition) is 4. The van der Waals surface area contributed by atoms with Crippen molar-refractivity contribution in [3.05, 3.63) is 36.1 Å². The molecular weight excluding hydrogens is 284 g/mol. The Balaban J connectivity index is 2.62. The lowest BCUT2D eigenvalue weighted by Gasteiger charge is -2.22. The molecule has 122 valence electrons. The maximum Gasteiger partial charge on any atom is 0.322 e. The summed E-state index contributed by atoms with van der Waals surface area (Å²) in [6, 6.07) is -1.83. The van der Waals surface area contributed by atoms with Gasteiger partial charge in [0.25, 0.3) is 0 Å². The second-order valence-electron chi connectivity index (χ2n) is 5.67. The minimum Gasteiger partial charge on any atom is -0.480 e. The summed E-state index contributed by atoms with van der Waals surface area (Å²) in [6.45, 7) is 3.94. The van der Waals surface area contributed by atoms with E-state index in [1.165, 1.54) is 0 Å². The molecule has 0 amide bonds. The first kappa shape index (κ1) is 18.0. The normalized spacial score (nSPS) is 16.8. The van der Waals surface area contributed by atoms with Gasteiger partial charge in [0.05, 0.1) is 0 Å². The number of allylic oxidation sites excluding steroid dienone is 5. The third-order valence-electron chi connectivity index (χ3n) is 3.23. The third kappa shape index (κ3) is 6.58. The van der Waals surface area contributed by atoms with E-state index < -0.39 is 24.0 Å². The second kappa shape index (κ2) is 9.04. The Kier molecular flexibility index (Phi) is 7.39. The van der Waals surface area contributed by atoms with Crippen molar-refractivity contribution in [1.82, 2.24) is 10.6 Å². The van der Waals surface area contributed by atoms with Crippen LogP contribution in [0.4, 0.5) is 0 Å². The van der Waals surface area contributed by atoms with E-state index in [-0.39, 0.29) is 12.5 Å². The van der Waals surface area contributed by atoms with Crippen LogP contribution in [0.15, 0.2) is 36.1 Å². The van der Waals surface area contributed by atoms with Crippen LogP contribution in [0.3, 0.4) is 0 Å². The summed E-state index contributed by atoms with van der Waals surface area (Å²) in [4.78, 5) is 22.6. The Morgan fingerprint density at radius 3 is 2.41 bits per heavy atom. The lowest BCUT2D eigenvalue weighted by molar-refractivity contribution is -0.142. The van der Waals surface area contributed by atoms with Crippen LogP contribution in [0, 0.1) is 5.92 Å². The highest BCUT2D eigenvalue weighted by atomic mass is 16.4. The van der Waals surface area contributed by atoms with Gasteiger partial charge in [-0.1, -0.05) is 38.2 Å². The molecule has 22 heavy (non-hydrogen) atoms. The van der Waals surface area contributed by atoms with Crippen LogP contribution in [0.25, 0.3) is 0 Å². The number of hydrogen-bond donors (Lipinski definition) is 4. The minimum absolute atomic E-state index is 0.130. The predicted molar refractivity (Wildman–Crippen MR) is 84.4 cm³/mol. The van der Waals surface area contributed by atoms with Gasteiger partial charge in [-0.25, -0.2) is 0 Å². The number of carbonyl (C=O) groups is 2. The molecule has 6 heteroatoms. The first-order chi connectivity index (χ1) is 10.4. The van der Waals surface area contributed by atoms with Crippen LogP contribution >= 0.6 is 0 Å². The van der Waals surface area contributed by atoms with Crippen molar-refractivity contribution in [3.8, 4) is 0 Å². The van der Waals surface area contributed by atoms with E-state index in [1.54, 1.807) is 0 Å². The van der Waals surface area contributed by atoms with Crippen LogP contribution < -0.4 is 10.6 Å². The van der Waals surface area contributed by atoms with Crippen LogP contribution in [0.1, 0.15) is 26.7 Å². The predicted octanol–water partition coefficient (Wildman–Crippen LogP) is 1.52. The van der Waals surface area contributed by atoms with Crippen molar-refractivity contribution < 1.29 is 19.8 Å². The van der Waals surface area contributed by atoms with E-state index in [0.29, 0.717) is 12.8 Å². The highest BCUT2D eigenvalue weighted by Gasteiger charge is 2.26. The number of aliphatic carboxylic acids is 2. The minimum atomic E-state index is -1.07. The quantitative estimate of drug-likeness (QED) is 0.515. The summed E-state index contributed by atoms with van der Waals surface area (Å²) in [5.41, 5.74) is 0.897. The highest BCUT2D eigenvalue weighted by molar-refractivity contribution is 5.77. The number of carboxylic acid groups (broad SMARTS) is 2. The molecule has 1 aliphatic rings. The first-order valence-corrected chi connectivity index (χ1v) is 7.38. The Bertz CT molecular complexity index is 481. The largest absolute Gasteiger partial charge is 0.480 e. The third-order valence-corrected chi connectivity index (χ3v) is 3.23. The van der Waals surface area contributed by atoms with Gasteiger partial charge in [0, 0.05) is 18.7 Å². The molecule has 0 aromatic heterocycles. The number of nitrogens with one attached hydrogen (secondary N) is 2. The molecule has 1 rings (SSSR count). The Labute approximate surface area is 130 Å². The topological polar surface area (TPSA) is 98.7 Å². The summed E-state index contributed by atoms with van der Waals surface area (Å²) in [7, 11) is 0. The van der Waals surface area contributed by atoms with Crippen LogP contribution in [0.5, 0.6) is 0 Å². The molecular formula is C16H24N2O4. The van der Waals surface area contributed by atoms with Gasteiger partial charge in [-0.2, -0.15) is 0 Å². The molecule has 0 saturated heterocycles. The van der Waals surface area contributed by atoms with Crippen molar-refractivity contribution in [2.75, 3.05) is 6.54 Å². The highest BCUT2D eigenvalue weighted by Crippen LogP contribution is 2.07. The Hall–Kier alpha value is -2.08. The molecule has 0 aliphatic heterocycles. The van der Waals surface area contributed by atoms with Crippen LogP contribution in [-0.4, -0.2) is 40.8 Å². The van der Waals surface area contributed by atoms with Crippen molar-refractivity contribution >= 4 is 11.9 Å². The summed E-state index contributed by atoms with van der Waals surface area (Å²) in [5, 5.41) is 24.3. The standard InChI is InChI=1S/C16H24N2O4/c1-11(2)9-13(15(19)20)18-14(16(21)22)10-17-12-7-5-3-4-6-8-12/h3-7,11,13-14,17-18H,8-10H2,1-2H3,(H,19,20)(H,21,22)/t13?,14-/m0/s1. The zero-order valence-corrected chi connectivity index (χ0v) is 13.0.